The molecule has 0 spiro atoms. The fourth-order valence-electron chi connectivity index (χ4n) is 2.25. The third-order valence-corrected chi connectivity index (χ3v) is 3.77. The van der Waals surface area contributed by atoms with Gasteiger partial charge in [-0.1, -0.05) is 29.8 Å². The minimum atomic E-state index is -0.212. The first-order valence-corrected chi connectivity index (χ1v) is 7.94. The van der Waals surface area contributed by atoms with Gasteiger partial charge in [0.2, 0.25) is 0 Å². The molecule has 2 amide bonds. The minimum absolute atomic E-state index is 0.143. The molecule has 126 valence electrons. The summed E-state index contributed by atoms with van der Waals surface area (Å²) in [6, 6.07) is 13.8. The van der Waals surface area contributed by atoms with Gasteiger partial charge >= 0.3 is 0 Å². The molecule has 5 nitrogen and oxygen atoms in total. The predicted octanol–water partition coefficient (Wildman–Crippen LogP) is 3.13. The molecule has 2 aromatic carbocycles. The van der Waals surface area contributed by atoms with Gasteiger partial charge in [-0.3, -0.25) is 9.59 Å². The van der Waals surface area contributed by atoms with Gasteiger partial charge < -0.3 is 15.0 Å². The van der Waals surface area contributed by atoms with Crippen molar-refractivity contribution in [2.75, 3.05) is 25.1 Å². The molecule has 1 N–H and O–H groups in total. The Bertz CT molecular complexity index is 734. The fourth-order valence-corrected chi connectivity index (χ4v) is 2.48. The first kappa shape index (κ1) is 17.8. The largest absolute Gasteiger partial charge is 0.484 e. The van der Waals surface area contributed by atoms with Crippen LogP contribution < -0.4 is 15.0 Å². The number of nitrogens with one attached hydrogen (secondary N) is 1. The maximum absolute atomic E-state index is 12.4. The lowest BCUT2D eigenvalue weighted by Crippen LogP contribution is -2.35. The first-order valence-electron chi connectivity index (χ1n) is 7.56. The van der Waals surface area contributed by atoms with Gasteiger partial charge in [0.05, 0.1) is 10.7 Å². The number of para-hydroxylation sites is 1. The van der Waals surface area contributed by atoms with E-state index < -0.39 is 0 Å². The maximum Gasteiger partial charge on any atom is 0.264 e. The number of amides is 2. The van der Waals surface area contributed by atoms with Crippen LogP contribution in [0.5, 0.6) is 5.75 Å². The summed E-state index contributed by atoms with van der Waals surface area (Å²) in [6.07, 6.45) is 0. The quantitative estimate of drug-likeness (QED) is 0.874. The zero-order valence-corrected chi connectivity index (χ0v) is 14.3. The summed E-state index contributed by atoms with van der Waals surface area (Å²) in [5.41, 5.74) is 1.12. The number of carbonyl (C=O) groups excluding carboxylic acids is 2. The third-order valence-electron chi connectivity index (χ3n) is 3.45. The number of nitrogens with zero attached hydrogens (tertiary/aromatic N) is 1. The summed E-state index contributed by atoms with van der Waals surface area (Å²) < 4.78 is 5.53. The molecule has 2 aromatic rings. The van der Waals surface area contributed by atoms with Crippen LogP contribution in [0.25, 0.3) is 0 Å². The summed E-state index contributed by atoms with van der Waals surface area (Å²) in [5, 5.41) is 3.05. The van der Waals surface area contributed by atoms with Crippen LogP contribution in [-0.4, -0.2) is 32.0 Å². The van der Waals surface area contributed by atoms with Gasteiger partial charge in [0, 0.05) is 19.2 Å². The van der Waals surface area contributed by atoms with Crippen LogP contribution in [0, 0.1) is 0 Å². The highest BCUT2D eigenvalue weighted by Crippen LogP contribution is 2.25. The van der Waals surface area contributed by atoms with Crippen molar-refractivity contribution in [2.24, 2.45) is 0 Å². The predicted molar refractivity (Wildman–Crippen MR) is 94.8 cm³/mol. The Morgan fingerprint density at radius 3 is 2.58 bits per heavy atom. The van der Waals surface area contributed by atoms with Crippen molar-refractivity contribution in [3.05, 3.63) is 59.1 Å². The van der Waals surface area contributed by atoms with Crippen molar-refractivity contribution >= 4 is 29.1 Å². The Morgan fingerprint density at radius 2 is 1.92 bits per heavy atom. The number of benzene rings is 2. The molecule has 2 rings (SSSR count). The first-order chi connectivity index (χ1) is 11.6. The van der Waals surface area contributed by atoms with E-state index in [1.807, 2.05) is 19.1 Å². The SMILES string of the molecule is CCN(C(=O)COc1cccc(C(=O)NC)c1)c1ccccc1Cl. The number of halogens is 1. The lowest BCUT2D eigenvalue weighted by Gasteiger charge is -2.22. The van der Waals surface area contributed by atoms with E-state index in [1.54, 1.807) is 48.3 Å². The molecule has 0 atom stereocenters. The van der Waals surface area contributed by atoms with Crippen LogP contribution in [0.3, 0.4) is 0 Å². The summed E-state index contributed by atoms with van der Waals surface area (Å²) in [6.45, 7) is 2.20. The highest BCUT2D eigenvalue weighted by Gasteiger charge is 2.17. The monoisotopic (exact) mass is 346 g/mol. The van der Waals surface area contributed by atoms with Crippen molar-refractivity contribution in [3.63, 3.8) is 0 Å². The summed E-state index contributed by atoms with van der Waals surface area (Å²) in [5.74, 6) is 0.0358. The second-order valence-electron chi connectivity index (χ2n) is 4.99. The molecule has 24 heavy (non-hydrogen) atoms. The molecular weight excluding hydrogens is 328 g/mol. The Balaban J connectivity index is 2.07. The van der Waals surface area contributed by atoms with Gasteiger partial charge in [0.1, 0.15) is 5.75 Å². The van der Waals surface area contributed by atoms with E-state index >= 15 is 0 Å². The molecule has 0 saturated carbocycles. The van der Waals surface area contributed by atoms with E-state index in [4.69, 9.17) is 16.3 Å². The standard InChI is InChI=1S/C18H19ClN2O3/c1-3-21(16-10-5-4-9-15(16)19)17(22)12-24-14-8-6-7-13(11-14)18(23)20-2/h4-11H,3,12H2,1-2H3,(H,20,23). The average molecular weight is 347 g/mol. The molecule has 0 unspecified atom stereocenters. The number of rotatable bonds is 6. The van der Waals surface area contributed by atoms with Gasteiger partial charge in [0.15, 0.2) is 6.61 Å². The highest BCUT2D eigenvalue weighted by atomic mass is 35.5. The molecule has 0 aliphatic rings. The molecular formula is C18H19ClN2O3. The van der Waals surface area contributed by atoms with E-state index in [-0.39, 0.29) is 18.4 Å². The average Bonchev–Trinajstić information content (AvgIpc) is 2.61. The van der Waals surface area contributed by atoms with Gasteiger partial charge in [-0.15, -0.1) is 0 Å². The molecule has 0 aliphatic carbocycles. The number of hydrogen-bond donors (Lipinski definition) is 1. The highest BCUT2D eigenvalue weighted by molar-refractivity contribution is 6.33. The fraction of sp³-hybridized carbons (Fsp3) is 0.222. The lowest BCUT2D eigenvalue weighted by molar-refractivity contribution is -0.120. The maximum atomic E-state index is 12.4. The van der Waals surface area contributed by atoms with Crippen LogP contribution >= 0.6 is 11.6 Å². The molecule has 0 heterocycles. The molecule has 0 aliphatic heterocycles. The summed E-state index contributed by atoms with van der Waals surface area (Å²) in [7, 11) is 1.56. The topological polar surface area (TPSA) is 58.6 Å². The zero-order valence-electron chi connectivity index (χ0n) is 13.6. The number of ether oxygens (including phenoxy) is 1. The normalized spacial score (nSPS) is 10.1. The van der Waals surface area contributed by atoms with E-state index in [1.165, 1.54) is 0 Å². The van der Waals surface area contributed by atoms with Crippen LogP contribution in [0.1, 0.15) is 17.3 Å². The number of hydrogen-bond acceptors (Lipinski definition) is 3. The number of likely N-dealkylation sites (N-methyl/N-ethyl adjacent to an activating group) is 1. The Labute approximate surface area is 146 Å². The summed E-state index contributed by atoms with van der Waals surface area (Å²) >= 11 is 6.15. The lowest BCUT2D eigenvalue weighted by atomic mass is 10.2. The van der Waals surface area contributed by atoms with Gasteiger partial charge in [-0.05, 0) is 37.3 Å². The third kappa shape index (κ3) is 4.26. The van der Waals surface area contributed by atoms with Crippen LogP contribution in [0.15, 0.2) is 48.5 Å². The van der Waals surface area contributed by atoms with E-state index in [0.717, 1.165) is 0 Å². The van der Waals surface area contributed by atoms with Crippen LogP contribution in [-0.2, 0) is 4.79 Å². The summed E-state index contributed by atoms with van der Waals surface area (Å²) in [4.78, 5) is 25.6. The number of anilines is 1. The Hall–Kier alpha value is -2.53. The van der Waals surface area contributed by atoms with E-state index in [2.05, 4.69) is 5.32 Å². The second kappa shape index (κ2) is 8.36. The van der Waals surface area contributed by atoms with Gasteiger partial charge in [-0.2, -0.15) is 0 Å². The molecule has 0 bridgehead atoms. The van der Waals surface area contributed by atoms with Crippen LogP contribution in [0.4, 0.5) is 5.69 Å². The van der Waals surface area contributed by atoms with Crippen molar-refractivity contribution in [1.82, 2.24) is 5.32 Å². The van der Waals surface area contributed by atoms with Crippen molar-refractivity contribution in [3.8, 4) is 5.75 Å². The van der Waals surface area contributed by atoms with Crippen molar-refractivity contribution in [1.29, 1.82) is 0 Å². The van der Waals surface area contributed by atoms with Gasteiger partial charge in [0.25, 0.3) is 11.8 Å². The minimum Gasteiger partial charge on any atom is -0.484 e. The van der Waals surface area contributed by atoms with E-state index in [9.17, 15) is 9.59 Å². The Morgan fingerprint density at radius 1 is 1.17 bits per heavy atom. The van der Waals surface area contributed by atoms with Crippen molar-refractivity contribution in [2.45, 2.75) is 6.92 Å². The number of carbonyl (C=O) groups is 2. The van der Waals surface area contributed by atoms with Crippen molar-refractivity contribution < 1.29 is 14.3 Å². The molecule has 6 heteroatoms. The molecule has 0 aromatic heterocycles. The Kier molecular flexibility index (Phi) is 6.21. The van der Waals surface area contributed by atoms with Crippen LogP contribution in [0.2, 0.25) is 5.02 Å². The zero-order chi connectivity index (χ0) is 17.5. The molecule has 0 fully saturated rings. The smallest absolute Gasteiger partial charge is 0.264 e. The molecule has 0 saturated heterocycles. The van der Waals surface area contributed by atoms with E-state index in [0.29, 0.717) is 28.6 Å². The molecule has 0 radical (unpaired) electrons. The second-order valence-corrected chi connectivity index (χ2v) is 5.39. The van der Waals surface area contributed by atoms with Gasteiger partial charge in [-0.25, -0.2) is 0 Å².